The van der Waals surface area contributed by atoms with Crippen molar-refractivity contribution in [3.05, 3.63) is 89.5 Å². The number of ether oxygens (including phenoxy) is 1. The summed E-state index contributed by atoms with van der Waals surface area (Å²) >= 11 is 0. The molecule has 0 radical (unpaired) electrons. The molecule has 0 bridgehead atoms. The molecule has 3 aromatic carbocycles. The summed E-state index contributed by atoms with van der Waals surface area (Å²) in [4.78, 5) is 27.9. The van der Waals surface area contributed by atoms with Crippen molar-refractivity contribution in [3.8, 4) is 0 Å². The van der Waals surface area contributed by atoms with Gasteiger partial charge in [-0.15, -0.1) is 0 Å². The second-order valence-corrected chi connectivity index (χ2v) is 13.1. The molecule has 0 saturated carbocycles. The van der Waals surface area contributed by atoms with Crippen LogP contribution in [-0.4, -0.2) is 56.2 Å². The highest BCUT2D eigenvalue weighted by atomic mass is 31.2. The summed E-state index contributed by atoms with van der Waals surface area (Å²) in [6, 6.07) is 23.1. The van der Waals surface area contributed by atoms with Crippen LogP contribution in [0.2, 0.25) is 0 Å². The molecule has 45 heavy (non-hydrogen) atoms. The summed E-state index contributed by atoms with van der Waals surface area (Å²) in [7, 11) is -3.56. The first-order valence-electron chi connectivity index (χ1n) is 15.7. The molecule has 1 amide bonds. The van der Waals surface area contributed by atoms with Gasteiger partial charge in [-0.3, -0.25) is 14.2 Å². The van der Waals surface area contributed by atoms with E-state index in [4.69, 9.17) is 13.8 Å². The molecule has 238 valence electrons. The third-order valence-corrected chi connectivity index (χ3v) is 10.2. The van der Waals surface area contributed by atoms with Crippen LogP contribution in [0, 0.1) is 5.92 Å². The first kappa shape index (κ1) is 32.6. The lowest BCUT2D eigenvalue weighted by molar-refractivity contribution is -0.149. The quantitative estimate of drug-likeness (QED) is 0.128. The van der Waals surface area contributed by atoms with Gasteiger partial charge in [0.25, 0.3) is 5.91 Å². The molecule has 0 aliphatic carbocycles. The Hall–Kier alpha value is -3.75. The van der Waals surface area contributed by atoms with E-state index >= 15 is 0 Å². The van der Waals surface area contributed by atoms with Crippen molar-refractivity contribution in [2.24, 2.45) is 5.92 Å². The smallest absolute Gasteiger partial charge is 0.361 e. The number of fused-ring (bicyclic) bond motifs is 1. The number of rotatable bonds is 13. The molecule has 3 aromatic rings. The highest BCUT2D eigenvalue weighted by Gasteiger charge is 2.33. The lowest BCUT2D eigenvalue weighted by atomic mass is 9.96. The number of hydrogen-bond acceptors (Lipinski definition) is 8. The number of anilines is 2. The molecule has 2 heterocycles. The van der Waals surface area contributed by atoms with Crippen molar-refractivity contribution in [1.29, 1.82) is 0 Å². The number of esters is 1. The first-order valence-corrected chi connectivity index (χ1v) is 17.3. The number of likely N-dealkylation sites (tertiary alicyclic amines) is 1. The van der Waals surface area contributed by atoms with Crippen LogP contribution < -0.4 is 15.9 Å². The van der Waals surface area contributed by atoms with Gasteiger partial charge in [-0.25, -0.2) is 0 Å². The van der Waals surface area contributed by atoms with Crippen molar-refractivity contribution < 1.29 is 27.9 Å². The molecule has 2 N–H and O–H groups in total. The fraction of sp³-hybridized carbons (Fsp3) is 0.371. The zero-order chi connectivity index (χ0) is 31.8. The molecule has 5 rings (SSSR count). The van der Waals surface area contributed by atoms with Crippen LogP contribution in [0.3, 0.4) is 0 Å². The van der Waals surface area contributed by atoms with Crippen molar-refractivity contribution in [2.45, 2.75) is 40.0 Å². The molecule has 10 heteroatoms. The van der Waals surface area contributed by atoms with Gasteiger partial charge in [-0.05, 0) is 94.6 Å². The summed E-state index contributed by atoms with van der Waals surface area (Å²) in [5, 5.41) is 6.87. The lowest BCUT2D eigenvalue weighted by Crippen LogP contribution is -2.38. The van der Waals surface area contributed by atoms with Gasteiger partial charge >= 0.3 is 13.6 Å². The van der Waals surface area contributed by atoms with Gasteiger partial charge in [0.15, 0.2) is 0 Å². The van der Waals surface area contributed by atoms with E-state index in [0.29, 0.717) is 34.4 Å². The Balaban J connectivity index is 1.36. The molecule has 9 nitrogen and oxygen atoms in total. The zero-order valence-electron chi connectivity index (χ0n) is 26.2. The minimum atomic E-state index is -3.56. The summed E-state index contributed by atoms with van der Waals surface area (Å²) in [5.74, 6) is -0.307. The number of carbonyl (C=O) groups is 2. The Morgan fingerprint density at radius 2 is 1.62 bits per heavy atom. The average molecular weight is 632 g/mol. The van der Waals surface area contributed by atoms with Crippen LogP contribution in [-0.2, 0) is 34.4 Å². The number of hydrogen-bond donors (Lipinski definition) is 2. The molecule has 2 aliphatic heterocycles. The number of amides is 1. The van der Waals surface area contributed by atoms with E-state index in [1.807, 2.05) is 49.4 Å². The summed E-state index contributed by atoms with van der Waals surface area (Å²) < 4.78 is 29.9. The van der Waals surface area contributed by atoms with E-state index in [1.165, 1.54) is 5.56 Å². The van der Waals surface area contributed by atoms with Gasteiger partial charge in [0, 0.05) is 23.5 Å². The molecular weight excluding hydrogens is 589 g/mol. The number of carbonyl (C=O) groups excluding carboxylic acids is 2. The van der Waals surface area contributed by atoms with Gasteiger partial charge in [0.2, 0.25) is 0 Å². The van der Waals surface area contributed by atoms with Crippen LogP contribution in [0.15, 0.2) is 72.8 Å². The lowest BCUT2D eigenvalue weighted by Gasteiger charge is -2.30. The summed E-state index contributed by atoms with van der Waals surface area (Å²) in [5.41, 5.74) is 5.25. The minimum Gasteiger partial charge on any atom is -0.466 e. The van der Waals surface area contributed by atoms with E-state index < -0.39 is 7.60 Å². The molecule has 0 aromatic heterocycles. The Morgan fingerprint density at radius 1 is 0.933 bits per heavy atom. The number of nitrogens with one attached hydrogen (secondary N) is 2. The standard InChI is InChI=1S/C35H42N3O6P/c1-4-42-35(40)27-19-22-38(23-20-27)21-18-25-12-14-28(15-13-25)36-33(26-10-8-7-9-11-26)32-30-24-29(16-17-31(30)37-34(32)39)45(41,43-5-2)44-6-3/h7-17,24,27,36H,4-6,18-23H2,1-3H3,(H,37,39). The van der Waals surface area contributed by atoms with E-state index in [0.717, 1.165) is 50.1 Å². The van der Waals surface area contributed by atoms with Crippen molar-refractivity contribution in [3.63, 3.8) is 0 Å². The van der Waals surface area contributed by atoms with E-state index in [1.54, 1.807) is 32.0 Å². The highest BCUT2D eigenvalue weighted by Crippen LogP contribution is 2.48. The number of piperidine rings is 1. The van der Waals surface area contributed by atoms with Crippen LogP contribution in [0.5, 0.6) is 0 Å². The van der Waals surface area contributed by atoms with Crippen LogP contribution in [0.1, 0.15) is 50.3 Å². The molecule has 2 aliphatic rings. The zero-order valence-corrected chi connectivity index (χ0v) is 27.1. The SMILES string of the molecule is CCOC(=O)C1CCN(CCc2ccc(NC(=C3C(=O)Nc4ccc(P(=O)(OCC)OCC)cc43)c3ccccc3)cc2)CC1. The molecule has 0 atom stereocenters. The first-order chi connectivity index (χ1) is 21.8. The van der Waals surface area contributed by atoms with E-state index in [-0.39, 0.29) is 31.0 Å². The summed E-state index contributed by atoms with van der Waals surface area (Å²) in [6.07, 6.45) is 2.58. The van der Waals surface area contributed by atoms with Crippen LogP contribution in [0.25, 0.3) is 11.3 Å². The topological polar surface area (TPSA) is 106 Å². The van der Waals surface area contributed by atoms with Gasteiger partial charge in [-0.2, -0.15) is 0 Å². The Kier molecular flexibility index (Phi) is 10.9. The molecule has 1 fully saturated rings. The minimum absolute atomic E-state index is 0.0128. The summed E-state index contributed by atoms with van der Waals surface area (Å²) in [6.45, 7) is 9.00. The molecular formula is C35H42N3O6P. The van der Waals surface area contributed by atoms with Crippen molar-refractivity contribution >= 4 is 47.4 Å². The number of benzene rings is 3. The van der Waals surface area contributed by atoms with Crippen molar-refractivity contribution in [2.75, 3.05) is 50.1 Å². The maximum atomic E-state index is 13.6. The maximum Gasteiger partial charge on any atom is 0.361 e. The Labute approximate surface area is 265 Å². The van der Waals surface area contributed by atoms with E-state index in [2.05, 4.69) is 27.7 Å². The van der Waals surface area contributed by atoms with Gasteiger partial charge < -0.3 is 29.3 Å². The fourth-order valence-corrected chi connectivity index (χ4v) is 7.42. The second kappa shape index (κ2) is 15.0. The monoisotopic (exact) mass is 631 g/mol. The Morgan fingerprint density at radius 3 is 2.27 bits per heavy atom. The van der Waals surface area contributed by atoms with Crippen LogP contribution >= 0.6 is 7.60 Å². The molecule has 0 unspecified atom stereocenters. The number of nitrogens with zero attached hydrogens (tertiary/aromatic N) is 1. The third-order valence-electron chi connectivity index (χ3n) is 8.12. The normalized spacial score (nSPS) is 16.6. The van der Waals surface area contributed by atoms with Crippen molar-refractivity contribution in [1.82, 2.24) is 4.90 Å². The predicted molar refractivity (Wildman–Crippen MR) is 178 cm³/mol. The van der Waals surface area contributed by atoms with Gasteiger partial charge in [-0.1, -0.05) is 42.5 Å². The highest BCUT2D eigenvalue weighted by molar-refractivity contribution is 7.62. The third kappa shape index (κ3) is 7.74. The largest absolute Gasteiger partial charge is 0.466 e. The second-order valence-electron chi connectivity index (χ2n) is 11.1. The molecule has 1 saturated heterocycles. The molecule has 0 spiro atoms. The fourth-order valence-electron chi connectivity index (χ4n) is 5.82. The maximum absolute atomic E-state index is 13.6. The van der Waals surface area contributed by atoms with E-state index in [9.17, 15) is 14.2 Å². The average Bonchev–Trinajstić information content (AvgIpc) is 3.39. The predicted octanol–water partition coefficient (Wildman–Crippen LogP) is 6.33. The van der Waals surface area contributed by atoms with Crippen LogP contribution in [0.4, 0.5) is 11.4 Å². The van der Waals surface area contributed by atoms with Gasteiger partial charge in [0.1, 0.15) is 0 Å². The Bertz CT molecular complexity index is 1560. The van der Waals surface area contributed by atoms with Gasteiger partial charge in [0.05, 0.1) is 42.3 Å².